The first-order valence-corrected chi connectivity index (χ1v) is 10.0. The van der Waals surface area contributed by atoms with Crippen molar-refractivity contribution in [3.05, 3.63) is 46.2 Å². The second-order valence-electron chi connectivity index (χ2n) is 6.72. The van der Waals surface area contributed by atoms with Crippen molar-refractivity contribution in [3.8, 4) is 11.5 Å². The van der Waals surface area contributed by atoms with E-state index in [4.69, 9.17) is 9.47 Å². The van der Waals surface area contributed by atoms with E-state index in [-0.39, 0.29) is 11.9 Å². The lowest BCUT2D eigenvalue weighted by Gasteiger charge is -2.38. The summed E-state index contributed by atoms with van der Waals surface area (Å²) in [7, 11) is 5.31. The monoisotopic (exact) mass is 389 g/mol. The van der Waals surface area contributed by atoms with Crippen LogP contribution in [0.5, 0.6) is 11.5 Å². The van der Waals surface area contributed by atoms with Gasteiger partial charge in [-0.15, -0.1) is 0 Å². The third kappa shape index (κ3) is 5.00. The topological polar surface area (TPSA) is 54.0 Å². The molecule has 1 saturated heterocycles. The van der Waals surface area contributed by atoms with E-state index in [0.29, 0.717) is 23.6 Å². The van der Waals surface area contributed by atoms with Crippen LogP contribution in [0, 0.1) is 0 Å². The van der Waals surface area contributed by atoms with E-state index in [2.05, 4.69) is 39.0 Å². The number of methoxy groups -OCH3 is 2. The molecule has 2 heterocycles. The first-order valence-electron chi connectivity index (χ1n) is 9.06. The van der Waals surface area contributed by atoms with Crippen molar-refractivity contribution >= 4 is 17.2 Å². The number of ether oxygens (including phenoxy) is 2. The molecule has 1 aliphatic rings. The third-order valence-corrected chi connectivity index (χ3v) is 5.68. The molecule has 1 aromatic heterocycles. The largest absolute Gasteiger partial charge is 0.497 e. The number of nitrogens with zero attached hydrogens (tertiary/aromatic N) is 2. The molecule has 0 radical (unpaired) electrons. The van der Waals surface area contributed by atoms with Crippen LogP contribution in [-0.4, -0.2) is 69.7 Å². The first-order chi connectivity index (χ1) is 13.1. The number of carbonyl (C=O) groups is 1. The number of hydrogen-bond donors (Lipinski definition) is 1. The maximum absolute atomic E-state index is 12.7. The van der Waals surface area contributed by atoms with Gasteiger partial charge in [-0.25, -0.2) is 0 Å². The standard InChI is InChI=1S/C20H27N3O3S/c1-22-5-7-23(8-6-22)19(15-4-9-27-14-15)13-21-20(24)16-10-17(25-2)12-18(11-16)26-3/h4,9-12,14,19H,5-8,13H2,1-3H3,(H,21,24)/t19-/m1/s1. The van der Waals surface area contributed by atoms with E-state index in [1.165, 1.54) is 5.56 Å². The summed E-state index contributed by atoms with van der Waals surface area (Å²) in [5.41, 5.74) is 1.79. The Kier molecular flexibility index (Phi) is 6.71. The fraction of sp³-hybridized carbons (Fsp3) is 0.450. The van der Waals surface area contributed by atoms with Gasteiger partial charge in [0.05, 0.1) is 20.3 Å². The number of nitrogens with one attached hydrogen (secondary N) is 1. The molecular formula is C20H27N3O3S. The van der Waals surface area contributed by atoms with Crippen molar-refractivity contribution in [2.75, 3.05) is 54.0 Å². The second-order valence-corrected chi connectivity index (χ2v) is 7.50. The zero-order valence-corrected chi connectivity index (χ0v) is 16.9. The lowest BCUT2D eigenvalue weighted by molar-refractivity contribution is 0.0886. The molecule has 1 aromatic carbocycles. The Balaban J connectivity index is 1.71. The van der Waals surface area contributed by atoms with Gasteiger partial charge in [-0.05, 0) is 41.6 Å². The highest BCUT2D eigenvalue weighted by atomic mass is 32.1. The van der Waals surface area contributed by atoms with Gasteiger partial charge in [-0.1, -0.05) is 0 Å². The van der Waals surface area contributed by atoms with Gasteiger partial charge in [-0.3, -0.25) is 9.69 Å². The van der Waals surface area contributed by atoms with Crippen molar-refractivity contribution in [1.82, 2.24) is 15.1 Å². The lowest BCUT2D eigenvalue weighted by Crippen LogP contribution is -2.48. The Morgan fingerprint density at radius 1 is 1.15 bits per heavy atom. The molecule has 1 atom stereocenters. The van der Waals surface area contributed by atoms with E-state index in [0.717, 1.165) is 26.2 Å². The number of piperazine rings is 1. The van der Waals surface area contributed by atoms with Crippen molar-refractivity contribution < 1.29 is 14.3 Å². The molecule has 6 nitrogen and oxygen atoms in total. The number of benzene rings is 1. The lowest BCUT2D eigenvalue weighted by atomic mass is 10.1. The summed E-state index contributed by atoms with van der Waals surface area (Å²) in [6.07, 6.45) is 0. The molecule has 0 unspecified atom stereocenters. The van der Waals surface area contributed by atoms with Gasteiger partial charge in [0, 0.05) is 44.4 Å². The van der Waals surface area contributed by atoms with Gasteiger partial charge in [0.1, 0.15) is 11.5 Å². The molecule has 27 heavy (non-hydrogen) atoms. The predicted molar refractivity (Wildman–Crippen MR) is 108 cm³/mol. The van der Waals surface area contributed by atoms with E-state index in [1.807, 2.05) is 0 Å². The number of rotatable bonds is 7. The molecule has 1 fully saturated rings. The molecule has 3 rings (SSSR count). The molecule has 1 N–H and O–H groups in total. The zero-order chi connectivity index (χ0) is 19.2. The van der Waals surface area contributed by atoms with Gasteiger partial charge in [0.15, 0.2) is 0 Å². The van der Waals surface area contributed by atoms with Crippen LogP contribution in [0.1, 0.15) is 22.0 Å². The number of likely N-dealkylation sites (N-methyl/N-ethyl adjacent to an activating group) is 1. The van der Waals surface area contributed by atoms with E-state index >= 15 is 0 Å². The van der Waals surface area contributed by atoms with Crippen LogP contribution in [-0.2, 0) is 0 Å². The highest BCUT2D eigenvalue weighted by Gasteiger charge is 2.25. The smallest absolute Gasteiger partial charge is 0.251 e. The summed E-state index contributed by atoms with van der Waals surface area (Å²) < 4.78 is 10.5. The maximum atomic E-state index is 12.7. The average Bonchev–Trinajstić information content (AvgIpc) is 3.23. The quantitative estimate of drug-likeness (QED) is 0.789. The van der Waals surface area contributed by atoms with Gasteiger partial charge in [0.25, 0.3) is 5.91 Å². The number of carbonyl (C=O) groups excluding carboxylic acids is 1. The van der Waals surface area contributed by atoms with E-state index in [1.54, 1.807) is 43.8 Å². The fourth-order valence-electron chi connectivity index (χ4n) is 3.29. The third-order valence-electron chi connectivity index (χ3n) is 4.98. The minimum atomic E-state index is -0.124. The Labute approximate surface area is 164 Å². The SMILES string of the molecule is COc1cc(OC)cc(C(=O)NC[C@H](c2ccsc2)N2CCN(C)CC2)c1. The van der Waals surface area contributed by atoms with Crippen LogP contribution >= 0.6 is 11.3 Å². The van der Waals surface area contributed by atoms with Crippen molar-refractivity contribution in [2.24, 2.45) is 0 Å². The van der Waals surface area contributed by atoms with Crippen molar-refractivity contribution in [3.63, 3.8) is 0 Å². The summed E-state index contributed by atoms with van der Waals surface area (Å²) in [4.78, 5) is 17.5. The summed E-state index contributed by atoms with van der Waals surface area (Å²) >= 11 is 1.69. The molecule has 0 spiro atoms. The number of thiophene rings is 1. The second kappa shape index (κ2) is 9.21. The van der Waals surface area contributed by atoms with Crippen LogP contribution in [0.25, 0.3) is 0 Å². The fourth-order valence-corrected chi connectivity index (χ4v) is 3.99. The van der Waals surface area contributed by atoms with Crippen molar-refractivity contribution in [1.29, 1.82) is 0 Å². The van der Waals surface area contributed by atoms with Gasteiger partial charge >= 0.3 is 0 Å². The van der Waals surface area contributed by atoms with Gasteiger partial charge in [0.2, 0.25) is 0 Å². The zero-order valence-electron chi connectivity index (χ0n) is 16.1. The average molecular weight is 390 g/mol. The normalized spacial score (nSPS) is 16.7. The predicted octanol–water partition coefficient (Wildman–Crippen LogP) is 2.48. The summed E-state index contributed by atoms with van der Waals surface area (Å²) in [6, 6.07) is 7.55. The molecule has 0 aliphatic carbocycles. The summed E-state index contributed by atoms with van der Waals surface area (Å²) in [5.74, 6) is 1.09. The summed E-state index contributed by atoms with van der Waals surface area (Å²) in [6.45, 7) is 4.65. The van der Waals surface area contributed by atoms with Crippen LogP contribution in [0.15, 0.2) is 35.0 Å². The van der Waals surface area contributed by atoms with Crippen LogP contribution in [0.4, 0.5) is 0 Å². The molecule has 2 aromatic rings. The molecule has 7 heteroatoms. The summed E-state index contributed by atoms with van der Waals surface area (Å²) in [5, 5.41) is 7.36. The van der Waals surface area contributed by atoms with E-state index < -0.39 is 0 Å². The van der Waals surface area contributed by atoms with E-state index in [9.17, 15) is 4.79 Å². The van der Waals surface area contributed by atoms with Crippen LogP contribution < -0.4 is 14.8 Å². The Morgan fingerprint density at radius 3 is 2.37 bits per heavy atom. The maximum Gasteiger partial charge on any atom is 0.251 e. The molecule has 0 bridgehead atoms. The van der Waals surface area contributed by atoms with Crippen LogP contribution in [0.2, 0.25) is 0 Å². The Bertz CT molecular complexity index is 721. The Morgan fingerprint density at radius 2 is 1.81 bits per heavy atom. The van der Waals surface area contributed by atoms with Gasteiger partial charge in [-0.2, -0.15) is 11.3 Å². The molecule has 1 aliphatic heterocycles. The highest BCUT2D eigenvalue weighted by molar-refractivity contribution is 7.07. The highest BCUT2D eigenvalue weighted by Crippen LogP contribution is 2.25. The minimum absolute atomic E-state index is 0.124. The molecule has 1 amide bonds. The number of hydrogen-bond acceptors (Lipinski definition) is 6. The van der Waals surface area contributed by atoms with Crippen molar-refractivity contribution in [2.45, 2.75) is 6.04 Å². The molecule has 146 valence electrons. The Hall–Kier alpha value is -2.09. The molecule has 0 saturated carbocycles. The molecular weight excluding hydrogens is 362 g/mol. The number of amides is 1. The first kappa shape index (κ1) is 19.7. The minimum Gasteiger partial charge on any atom is -0.497 e. The van der Waals surface area contributed by atoms with Gasteiger partial charge < -0.3 is 19.7 Å². The van der Waals surface area contributed by atoms with Crippen LogP contribution in [0.3, 0.4) is 0 Å².